The maximum atomic E-state index is 12.7. The summed E-state index contributed by atoms with van der Waals surface area (Å²) in [6.45, 7) is 2.61. The van der Waals surface area contributed by atoms with E-state index in [1.165, 1.54) is 0 Å². The van der Waals surface area contributed by atoms with E-state index in [4.69, 9.17) is 4.74 Å². The number of rotatable bonds is 2. The van der Waals surface area contributed by atoms with Crippen LogP contribution in [0.3, 0.4) is 0 Å². The molecule has 2 heteroatoms. The van der Waals surface area contributed by atoms with E-state index in [0.29, 0.717) is 6.42 Å². The molecule has 2 unspecified atom stereocenters. The van der Waals surface area contributed by atoms with Crippen LogP contribution in [-0.4, -0.2) is 18.9 Å². The molecule has 0 saturated carbocycles. The van der Waals surface area contributed by atoms with Crippen LogP contribution in [0.5, 0.6) is 0 Å². The van der Waals surface area contributed by atoms with Crippen molar-refractivity contribution in [1.29, 1.82) is 0 Å². The van der Waals surface area contributed by atoms with Crippen LogP contribution in [0, 0.1) is 0 Å². The second-order valence-electron chi connectivity index (χ2n) is 2.48. The molecule has 0 aromatic rings. The summed E-state index contributed by atoms with van der Waals surface area (Å²) in [5.41, 5.74) is 0. The molecule has 1 rings (SSSR count). The van der Waals surface area contributed by atoms with Crippen LogP contribution in [-0.2, 0) is 4.74 Å². The summed E-state index contributed by atoms with van der Waals surface area (Å²) in [4.78, 5) is 0. The summed E-state index contributed by atoms with van der Waals surface area (Å²) in [5, 5.41) is 0. The predicted octanol–water partition coefficient (Wildman–Crippen LogP) is 1.91. The largest absolute Gasteiger partial charge is 0.375 e. The van der Waals surface area contributed by atoms with Gasteiger partial charge in [0.15, 0.2) is 0 Å². The highest BCUT2D eigenvalue weighted by Gasteiger charge is 2.23. The van der Waals surface area contributed by atoms with E-state index in [1.54, 1.807) is 0 Å². The standard InChI is InChI=1S/C7H13FO/c1-2-6(8)7-4-3-5-9-7/h6-7H,2-5H2,1H3. The van der Waals surface area contributed by atoms with Crippen LogP contribution < -0.4 is 0 Å². The normalized spacial score (nSPS) is 30.7. The summed E-state index contributed by atoms with van der Waals surface area (Å²) >= 11 is 0. The molecule has 9 heavy (non-hydrogen) atoms. The SMILES string of the molecule is CCC(F)C1CCCO1. The molecule has 54 valence electrons. The third-order valence-corrected chi connectivity index (χ3v) is 1.76. The Bertz CT molecular complexity index is 79.0. The van der Waals surface area contributed by atoms with Crippen molar-refractivity contribution in [2.75, 3.05) is 6.61 Å². The second kappa shape index (κ2) is 3.16. The van der Waals surface area contributed by atoms with Gasteiger partial charge in [-0.05, 0) is 19.3 Å². The van der Waals surface area contributed by atoms with Gasteiger partial charge >= 0.3 is 0 Å². The van der Waals surface area contributed by atoms with Gasteiger partial charge < -0.3 is 4.74 Å². The minimum absolute atomic E-state index is 0.0880. The van der Waals surface area contributed by atoms with Gasteiger partial charge in [-0.15, -0.1) is 0 Å². The van der Waals surface area contributed by atoms with Crippen LogP contribution >= 0.6 is 0 Å². The monoisotopic (exact) mass is 132 g/mol. The second-order valence-corrected chi connectivity index (χ2v) is 2.48. The van der Waals surface area contributed by atoms with Crippen molar-refractivity contribution >= 4 is 0 Å². The van der Waals surface area contributed by atoms with Crippen LogP contribution in [0.15, 0.2) is 0 Å². The first-order valence-corrected chi connectivity index (χ1v) is 3.60. The molecule has 0 spiro atoms. The van der Waals surface area contributed by atoms with Crippen molar-refractivity contribution in [3.8, 4) is 0 Å². The quantitative estimate of drug-likeness (QED) is 0.557. The molecule has 1 fully saturated rings. The summed E-state index contributed by atoms with van der Waals surface area (Å²) in [5.74, 6) is 0. The van der Waals surface area contributed by atoms with E-state index in [0.717, 1.165) is 19.4 Å². The van der Waals surface area contributed by atoms with Gasteiger partial charge in [0.25, 0.3) is 0 Å². The zero-order chi connectivity index (χ0) is 6.69. The van der Waals surface area contributed by atoms with Gasteiger partial charge in [-0.1, -0.05) is 6.92 Å². The Morgan fingerprint density at radius 3 is 3.00 bits per heavy atom. The van der Waals surface area contributed by atoms with E-state index in [2.05, 4.69) is 0 Å². The molecule has 1 nitrogen and oxygen atoms in total. The molecule has 1 heterocycles. The topological polar surface area (TPSA) is 9.23 Å². The lowest BCUT2D eigenvalue weighted by Gasteiger charge is -2.11. The van der Waals surface area contributed by atoms with E-state index in [1.807, 2.05) is 6.92 Å². The zero-order valence-corrected chi connectivity index (χ0v) is 5.77. The molecule has 2 atom stereocenters. The molecule has 0 amide bonds. The van der Waals surface area contributed by atoms with Crippen LogP contribution in [0.1, 0.15) is 26.2 Å². The fourth-order valence-corrected chi connectivity index (χ4v) is 1.15. The average Bonchev–Trinajstić information content (AvgIpc) is 2.37. The highest BCUT2D eigenvalue weighted by Crippen LogP contribution is 2.19. The van der Waals surface area contributed by atoms with E-state index < -0.39 is 6.17 Å². The minimum atomic E-state index is -0.729. The van der Waals surface area contributed by atoms with Crippen LogP contribution in [0.25, 0.3) is 0 Å². The minimum Gasteiger partial charge on any atom is -0.375 e. The van der Waals surface area contributed by atoms with Crippen molar-refractivity contribution in [2.45, 2.75) is 38.5 Å². The Balaban J connectivity index is 2.24. The lowest BCUT2D eigenvalue weighted by molar-refractivity contribution is 0.0418. The average molecular weight is 132 g/mol. The predicted molar refractivity (Wildman–Crippen MR) is 34.2 cm³/mol. The van der Waals surface area contributed by atoms with Crippen molar-refractivity contribution in [2.24, 2.45) is 0 Å². The molecule has 1 aliphatic rings. The molecule has 0 aliphatic carbocycles. The Kier molecular flexibility index (Phi) is 2.46. The first-order chi connectivity index (χ1) is 4.34. The Labute approximate surface area is 55.2 Å². The lowest BCUT2D eigenvalue weighted by Crippen LogP contribution is -2.19. The molecule has 0 bridgehead atoms. The fraction of sp³-hybridized carbons (Fsp3) is 1.00. The highest BCUT2D eigenvalue weighted by molar-refractivity contribution is 4.72. The Morgan fingerprint density at radius 2 is 2.56 bits per heavy atom. The van der Waals surface area contributed by atoms with Crippen molar-refractivity contribution in [1.82, 2.24) is 0 Å². The molecular weight excluding hydrogens is 119 g/mol. The maximum absolute atomic E-state index is 12.7. The molecule has 0 N–H and O–H groups in total. The summed E-state index contributed by atoms with van der Waals surface area (Å²) in [6, 6.07) is 0. The summed E-state index contributed by atoms with van der Waals surface area (Å²) < 4.78 is 17.8. The van der Waals surface area contributed by atoms with Gasteiger partial charge in [0.1, 0.15) is 6.17 Å². The van der Waals surface area contributed by atoms with Gasteiger partial charge in [-0.2, -0.15) is 0 Å². The zero-order valence-electron chi connectivity index (χ0n) is 5.77. The highest BCUT2D eigenvalue weighted by atomic mass is 19.1. The number of ether oxygens (including phenoxy) is 1. The summed E-state index contributed by atoms with van der Waals surface area (Å²) in [7, 11) is 0. The van der Waals surface area contributed by atoms with Crippen LogP contribution in [0.2, 0.25) is 0 Å². The number of hydrogen-bond donors (Lipinski definition) is 0. The Hall–Kier alpha value is -0.110. The van der Waals surface area contributed by atoms with Crippen molar-refractivity contribution in [3.05, 3.63) is 0 Å². The van der Waals surface area contributed by atoms with Crippen molar-refractivity contribution in [3.63, 3.8) is 0 Å². The van der Waals surface area contributed by atoms with Gasteiger partial charge in [-0.3, -0.25) is 0 Å². The summed E-state index contributed by atoms with van der Waals surface area (Å²) in [6.07, 6.45) is 1.72. The number of halogens is 1. The third kappa shape index (κ3) is 1.65. The van der Waals surface area contributed by atoms with E-state index in [9.17, 15) is 4.39 Å². The van der Waals surface area contributed by atoms with Crippen molar-refractivity contribution < 1.29 is 9.13 Å². The fourth-order valence-electron chi connectivity index (χ4n) is 1.15. The van der Waals surface area contributed by atoms with Crippen LogP contribution in [0.4, 0.5) is 4.39 Å². The first-order valence-electron chi connectivity index (χ1n) is 3.60. The van der Waals surface area contributed by atoms with E-state index in [-0.39, 0.29) is 6.10 Å². The third-order valence-electron chi connectivity index (χ3n) is 1.76. The van der Waals surface area contributed by atoms with Gasteiger partial charge in [0, 0.05) is 6.61 Å². The molecule has 1 aliphatic heterocycles. The Morgan fingerprint density at radius 1 is 1.78 bits per heavy atom. The molecular formula is C7H13FO. The van der Waals surface area contributed by atoms with Gasteiger partial charge in [0.05, 0.1) is 6.10 Å². The lowest BCUT2D eigenvalue weighted by atomic mass is 10.1. The van der Waals surface area contributed by atoms with E-state index >= 15 is 0 Å². The smallest absolute Gasteiger partial charge is 0.126 e. The molecule has 0 radical (unpaired) electrons. The molecule has 0 aromatic carbocycles. The number of hydrogen-bond acceptors (Lipinski definition) is 1. The molecule has 1 saturated heterocycles. The van der Waals surface area contributed by atoms with Gasteiger partial charge in [-0.25, -0.2) is 4.39 Å². The molecule has 0 aromatic heterocycles. The van der Waals surface area contributed by atoms with Gasteiger partial charge in [0.2, 0.25) is 0 Å². The maximum Gasteiger partial charge on any atom is 0.126 e. The first kappa shape index (κ1) is 7.00. The number of alkyl halides is 1.